The lowest BCUT2D eigenvalue weighted by Crippen LogP contribution is -2.49. The number of piperazine rings is 1. The van der Waals surface area contributed by atoms with Gasteiger partial charge in [0, 0.05) is 43.5 Å². The number of hydrogen-bond acceptors (Lipinski definition) is 4. The molecule has 1 aromatic carbocycles. The minimum Gasteiger partial charge on any atom is -0.369 e. The number of H-pyrrole nitrogens is 1. The lowest BCUT2D eigenvalue weighted by Gasteiger charge is -2.38. The van der Waals surface area contributed by atoms with Gasteiger partial charge in [-0.05, 0) is 93.0 Å². The summed E-state index contributed by atoms with van der Waals surface area (Å²) in [6, 6.07) is 7.28. The van der Waals surface area contributed by atoms with Crippen molar-refractivity contribution in [2.24, 2.45) is 5.41 Å². The van der Waals surface area contributed by atoms with E-state index >= 15 is 0 Å². The van der Waals surface area contributed by atoms with E-state index in [1.165, 1.54) is 41.6 Å². The molecule has 1 atom stereocenters. The Morgan fingerprint density at radius 3 is 2.59 bits per heavy atom. The number of fused-ring (bicyclic) bond motifs is 1. The normalized spacial score (nSPS) is 24.5. The van der Waals surface area contributed by atoms with Crippen molar-refractivity contribution >= 4 is 11.3 Å². The van der Waals surface area contributed by atoms with E-state index in [1.54, 1.807) is 0 Å². The molecule has 0 unspecified atom stereocenters. The molecule has 2 heterocycles. The Bertz CT molecular complexity index is 1130. The fraction of sp³-hybridized carbons (Fsp3) is 0.556. The van der Waals surface area contributed by atoms with Crippen LogP contribution in [-0.2, 0) is 12.8 Å². The smallest absolute Gasteiger partial charge is 0.254 e. The Kier molecular flexibility index (Phi) is 4.79. The minimum atomic E-state index is 0.113. The summed E-state index contributed by atoms with van der Waals surface area (Å²) >= 11 is 0. The highest BCUT2D eigenvalue weighted by Crippen LogP contribution is 2.53. The number of aryl methyl sites for hydroxylation is 3. The molecule has 2 fully saturated rings. The van der Waals surface area contributed by atoms with Crippen molar-refractivity contribution in [3.63, 3.8) is 0 Å². The molecule has 1 aromatic heterocycles. The van der Waals surface area contributed by atoms with Gasteiger partial charge in [-0.15, -0.1) is 0 Å². The van der Waals surface area contributed by atoms with Gasteiger partial charge in [0.15, 0.2) is 0 Å². The lowest BCUT2D eigenvalue weighted by molar-refractivity contribution is 0.214. The predicted molar refractivity (Wildman–Crippen MR) is 129 cm³/mol. The monoisotopic (exact) mass is 430 g/mol. The first-order valence-corrected chi connectivity index (χ1v) is 12.4. The maximum atomic E-state index is 12.8. The first-order valence-electron chi connectivity index (χ1n) is 12.4. The van der Waals surface area contributed by atoms with E-state index in [-0.39, 0.29) is 5.56 Å². The number of nitrogens with zero attached hydrogens (tertiary/aromatic N) is 3. The molecule has 6 rings (SSSR count). The average molecular weight is 431 g/mol. The van der Waals surface area contributed by atoms with Gasteiger partial charge in [-0.25, -0.2) is 4.98 Å². The van der Waals surface area contributed by atoms with Crippen molar-refractivity contribution < 1.29 is 0 Å². The van der Waals surface area contributed by atoms with Crippen LogP contribution in [0, 0.1) is 19.3 Å². The maximum Gasteiger partial charge on any atom is 0.254 e. The van der Waals surface area contributed by atoms with Gasteiger partial charge in [-0.3, -0.25) is 9.69 Å². The molecule has 1 aliphatic heterocycles. The summed E-state index contributed by atoms with van der Waals surface area (Å²) in [4.78, 5) is 26.0. The van der Waals surface area contributed by atoms with Crippen molar-refractivity contribution in [1.82, 2.24) is 14.9 Å². The third kappa shape index (κ3) is 3.61. The molecule has 1 N–H and O–H groups in total. The lowest BCUT2D eigenvalue weighted by atomic mass is 9.84. The second-order valence-electron chi connectivity index (χ2n) is 10.6. The van der Waals surface area contributed by atoms with Gasteiger partial charge in [-0.2, -0.15) is 0 Å². The van der Waals surface area contributed by atoms with Crippen LogP contribution < -0.4 is 10.5 Å². The molecular weight excluding hydrogens is 396 g/mol. The van der Waals surface area contributed by atoms with Crippen LogP contribution in [0.4, 0.5) is 5.69 Å². The van der Waals surface area contributed by atoms with Gasteiger partial charge in [0.1, 0.15) is 5.82 Å². The van der Waals surface area contributed by atoms with E-state index in [1.807, 2.05) is 0 Å². The Morgan fingerprint density at radius 1 is 1.03 bits per heavy atom. The average Bonchev–Trinajstić information content (AvgIpc) is 3.36. The Hall–Kier alpha value is -2.40. The summed E-state index contributed by atoms with van der Waals surface area (Å²) in [6.45, 7) is 8.67. The summed E-state index contributed by atoms with van der Waals surface area (Å²) in [5.74, 6) is 0.830. The van der Waals surface area contributed by atoms with Crippen LogP contribution in [0.15, 0.2) is 29.1 Å². The van der Waals surface area contributed by atoms with Crippen molar-refractivity contribution in [2.45, 2.75) is 64.8 Å². The second-order valence-corrected chi connectivity index (χ2v) is 10.6. The Balaban J connectivity index is 1.14. The topological polar surface area (TPSA) is 52.2 Å². The number of allylic oxidation sites excluding steroid dienone is 1. The summed E-state index contributed by atoms with van der Waals surface area (Å²) in [5, 5.41) is 0. The standard InChI is InChI=1S/C27H34N4O/c1-18-3-5-21(15-19(18)2)30-11-13-31(14-12-30)22-6-4-20(16-22)25-28-24-7-8-27(9-10-27)17-23(24)26(32)29-25/h3,5,15-16,22H,4,6-14,17H2,1-2H3,(H,28,29,32)/t22-/m1/s1. The number of anilines is 1. The van der Waals surface area contributed by atoms with Crippen LogP contribution >= 0.6 is 0 Å². The first-order chi connectivity index (χ1) is 15.5. The zero-order valence-electron chi connectivity index (χ0n) is 19.4. The van der Waals surface area contributed by atoms with E-state index in [2.05, 4.69) is 52.9 Å². The molecular formula is C27H34N4O. The zero-order valence-corrected chi connectivity index (χ0v) is 19.4. The van der Waals surface area contributed by atoms with Crippen LogP contribution in [0.2, 0.25) is 0 Å². The van der Waals surface area contributed by atoms with Crippen LogP contribution in [0.25, 0.3) is 5.57 Å². The molecule has 3 aliphatic carbocycles. The molecule has 1 saturated carbocycles. The van der Waals surface area contributed by atoms with Crippen LogP contribution in [-0.4, -0.2) is 47.1 Å². The summed E-state index contributed by atoms with van der Waals surface area (Å²) < 4.78 is 0. The van der Waals surface area contributed by atoms with Crippen molar-refractivity contribution in [1.29, 1.82) is 0 Å². The third-order valence-electron chi connectivity index (χ3n) is 8.55. The summed E-state index contributed by atoms with van der Waals surface area (Å²) in [5.41, 5.74) is 7.90. The number of benzene rings is 1. The van der Waals surface area contributed by atoms with Crippen molar-refractivity contribution in [2.75, 3.05) is 31.1 Å². The third-order valence-corrected chi connectivity index (χ3v) is 8.55. The molecule has 0 bridgehead atoms. The van der Waals surface area contributed by atoms with Crippen molar-refractivity contribution in [3.05, 3.63) is 62.8 Å². The molecule has 168 valence electrons. The number of aromatic nitrogens is 2. The highest BCUT2D eigenvalue weighted by Gasteiger charge is 2.45. The summed E-state index contributed by atoms with van der Waals surface area (Å²) in [6.07, 6.45) is 10.2. The van der Waals surface area contributed by atoms with Gasteiger partial charge in [0.25, 0.3) is 5.56 Å². The van der Waals surface area contributed by atoms with Gasteiger partial charge in [0.05, 0.1) is 5.69 Å². The number of rotatable bonds is 3. The van der Waals surface area contributed by atoms with E-state index in [9.17, 15) is 4.79 Å². The van der Waals surface area contributed by atoms with Crippen molar-refractivity contribution in [3.8, 4) is 0 Å². The molecule has 32 heavy (non-hydrogen) atoms. The molecule has 1 spiro atoms. The molecule has 0 radical (unpaired) electrons. The molecule has 0 amide bonds. The van der Waals surface area contributed by atoms with E-state index < -0.39 is 0 Å². The van der Waals surface area contributed by atoms with E-state index in [0.717, 1.165) is 68.9 Å². The zero-order chi connectivity index (χ0) is 21.9. The fourth-order valence-corrected chi connectivity index (χ4v) is 5.96. The Morgan fingerprint density at radius 2 is 1.84 bits per heavy atom. The van der Waals surface area contributed by atoms with E-state index in [4.69, 9.17) is 4.98 Å². The first kappa shape index (κ1) is 20.2. The minimum absolute atomic E-state index is 0.113. The molecule has 1 saturated heterocycles. The van der Waals surface area contributed by atoms with Gasteiger partial charge < -0.3 is 9.88 Å². The molecule has 2 aromatic rings. The Labute approximate surface area is 190 Å². The number of nitrogens with one attached hydrogen (secondary N) is 1. The van der Waals surface area contributed by atoms with Crippen LogP contribution in [0.1, 0.15) is 60.3 Å². The number of aromatic amines is 1. The molecule has 5 heteroatoms. The molecule has 4 aliphatic rings. The SMILES string of the molecule is Cc1ccc(N2CCN([C@H]3C=C(c4nc5c(c(=O)[nH]4)CC4(CC5)CC4)CC3)CC2)cc1C. The van der Waals surface area contributed by atoms with Crippen LogP contribution in [0.3, 0.4) is 0 Å². The van der Waals surface area contributed by atoms with E-state index in [0.29, 0.717) is 11.5 Å². The fourth-order valence-electron chi connectivity index (χ4n) is 5.96. The van der Waals surface area contributed by atoms with Crippen LogP contribution in [0.5, 0.6) is 0 Å². The molecule has 5 nitrogen and oxygen atoms in total. The quantitative estimate of drug-likeness (QED) is 0.799. The van der Waals surface area contributed by atoms with Gasteiger partial charge in [0.2, 0.25) is 0 Å². The predicted octanol–water partition coefficient (Wildman–Crippen LogP) is 4.02. The number of hydrogen-bond donors (Lipinski definition) is 1. The summed E-state index contributed by atoms with van der Waals surface area (Å²) in [7, 11) is 0. The second kappa shape index (κ2) is 7.58. The maximum absolute atomic E-state index is 12.8. The van der Waals surface area contributed by atoms with Gasteiger partial charge >= 0.3 is 0 Å². The highest BCUT2D eigenvalue weighted by atomic mass is 16.1. The van der Waals surface area contributed by atoms with Gasteiger partial charge in [-0.1, -0.05) is 12.1 Å². The largest absolute Gasteiger partial charge is 0.369 e. The highest BCUT2D eigenvalue weighted by molar-refractivity contribution is 5.63.